The second-order valence-electron chi connectivity index (χ2n) is 6.27. The number of unbranched alkanes of at least 4 members (excludes halogenated alkanes) is 1. The van der Waals surface area contributed by atoms with Gasteiger partial charge in [0.1, 0.15) is 0 Å². The summed E-state index contributed by atoms with van der Waals surface area (Å²) in [6.45, 7) is 4.94. The molecule has 0 aromatic heterocycles. The van der Waals surface area contributed by atoms with Crippen molar-refractivity contribution in [2.45, 2.75) is 33.1 Å². The molecule has 0 amide bonds. The molecular weight excluding hydrogens is 317 g/mol. The van der Waals surface area contributed by atoms with Crippen molar-refractivity contribution in [2.75, 3.05) is 20.6 Å². The number of carbonyl (C=O) groups is 1. The monoisotopic (exact) mass is 341 g/mol. The lowest BCUT2D eigenvalue weighted by Gasteiger charge is -2.30. The van der Waals surface area contributed by atoms with E-state index < -0.39 is 0 Å². The van der Waals surface area contributed by atoms with Crippen molar-refractivity contribution in [3.63, 3.8) is 0 Å². The van der Waals surface area contributed by atoms with Crippen LogP contribution in [0.15, 0.2) is 24.3 Å². The normalized spacial score (nSPS) is 14.5. The molecule has 0 saturated carbocycles. The number of benzene rings is 1. The summed E-state index contributed by atoms with van der Waals surface area (Å²) in [4.78, 5) is 14.7. The SMILES string of the molecule is CCCCC(C)(CN(C)C)C(=O)/C=C/c1ccc(Cl)c(Cl)c1. The van der Waals surface area contributed by atoms with Gasteiger partial charge in [-0.25, -0.2) is 0 Å². The molecule has 122 valence electrons. The highest BCUT2D eigenvalue weighted by Gasteiger charge is 2.31. The number of hydrogen-bond acceptors (Lipinski definition) is 2. The van der Waals surface area contributed by atoms with Crippen LogP contribution >= 0.6 is 23.2 Å². The summed E-state index contributed by atoms with van der Waals surface area (Å²) in [5, 5.41) is 1.02. The van der Waals surface area contributed by atoms with Crippen LogP contribution in [0.1, 0.15) is 38.7 Å². The third kappa shape index (κ3) is 5.75. The molecule has 2 nitrogen and oxygen atoms in total. The molecule has 1 aromatic carbocycles. The second kappa shape index (κ2) is 8.71. The highest BCUT2D eigenvalue weighted by Crippen LogP contribution is 2.28. The minimum atomic E-state index is -0.355. The van der Waals surface area contributed by atoms with Gasteiger partial charge in [0, 0.05) is 12.0 Å². The van der Waals surface area contributed by atoms with Crippen LogP contribution in [-0.2, 0) is 4.79 Å². The van der Waals surface area contributed by atoms with E-state index in [-0.39, 0.29) is 11.2 Å². The summed E-state index contributed by atoms with van der Waals surface area (Å²) in [6.07, 6.45) is 6.51. The second-order valence-corrected chi connectivity index (χ2v) is 7.09. The van der Waals surface area contributed by atoms with E-state index in [1.165, 1.54) is 0 Å². The smallest absolute Gasteiger partial charge is 0.162 e. The Hall–Kier alpha value is -0.830. The Morgan fingerprint density at radius 2 is 1.95 bits per heavy atom. The predicted molar refractivity (Wildman–Crippen MR) is 96.7 cm³/mol. The number of allylic oxidation sites excluding steroid dienone is 1. The minimum absolute atomic E-state index is 0.153. The summed E-state index contributed by atoms with van der Waals surface area (Å²) < 4.78 is 0. The molecule has 0 saturated heterocycles. The molecule has 1 aromatic rings. The van der Waals surface area contributed by atoms with Gasteiger partial charge in [0.2, 0.25) is 0 Å². The molecule has 0 aliphatic heterocycles. The van der Waals surface area contributed by atoms with E-state index in [0.717, 1.165) is 31.4 Å². The number of hydrogen-bond donors (Lipinski definition) is 0. The van der Waals surface area contributed by atoms with Crippen LogP contribution in [0.4, 0.5) is 0 Å². The van der Waals surface area contributed by atoms with Gasteiger partial charge in [-0.05, 0) is 44.3 Å². The van der Waals surface area contributed by atoms with E-state index in [2.05, 4.69) is 11.8 Å². The minimum Gasteiger partial charge on any atom is -0.308 e. The van der Waals surface area contributed by atoms with E-state index in [1.807, 2.05) is 33.2 Å². The van der Waals surface area contributed by atoms with Crippen molar-refractivity contribution in [1.82, 2.24) is 4.90 Å². The quantitative estimate of drug-likeness (QED) is 0.595. The fourth-order valence-corrected chi connectivity index (χ4v) is 2.84. The molecule has 0 fully saturated rings. The van der Waals surface area contributed by atoms with Crippen molar-refractivity contribution < 1.29 is 4.79 Å². The molecule has 1 atom stereocenters. The molecule has 0 spiro atoms. The third-order valence-electron chi connectivity index (χ3n) is 3.71. The zero-order valence-electron chi connectivity index (χ0n) is 13.8. The van der Waals surface area contributed by atoms with Gasteiger partial charge in [-0.2, -0.15) is 0 Å². The topological polar surface area (TPSA) is 20.3 Å². The van der Waals surface area contributed by atoms with Gasteiger partial charge in [-0.3, -0.25) is 4.79 Å². The first kappa shape index (κ1) is 19.2. The van der Waals surface area contributed by atoms with Crippen LogP contribution in [0, 0.1) is 5.41 Å². The van der Waals surface area contributed by atoms with Crippen LogP contribution in [0.3, 0.4) is 0 Å². The van der Waals surface area contributed by atoms with Crippen molar-refractivity contribution in [1.29, 1.82) is 0 Å². The van der Waals surface area contributed by atoms with Gasteiger partial charge in [0.25, 0.3) is 0 Å². The highest BCUT2D eigenvalue weighted by atomic mass is 35.5. The van der Waals surface area contributed by atoms with Crippen molar-refractivity contribution in [2.24, 2.45) is 5.41 Å². The summed E-state index contributed by atoms with van der Waals surface area (Å²) in [5.74, 6) is 0.153. The number of halogens is 2. The number of nitrogens with zero attached hydrogens (tertiary/aromatic N) is 1. The van der Waals surface area contributed by atoms with Gasteiger partial charge in [-0.1, -0.05) is 62.0 Å². The maximum Gasteiger partial charge on any atom is 0.162 e. The summed E-state index contributed by atoms with van der Waals surface area (Å²) >= 11 is 11.9. The number of rotatable bonds is 8. The molecule has 0 radical (unpaired) electrons. The molecule has 0 bridgehead atoms. The standard InChI is InChI=1S/C18H25Cl2NO/c1-5-6-11-18(2,13-21(3)4)17(22)10-8-14-7-9-15(19)16(20)12-14/h7-10,12H,5-6,11,13H2,1-4H3/b10-8+. The molecule has 1 unspecified atom stereocenters. The Bertz CT molecular complexity index is 540. The lowest BCUT2D eigenvalue weighted by atomic mass is 9.80. The fourth-order valence-electron chi connectivity index (χ4n) is 2.53. The molecule has 22 heavy (non-hydrogen) atoms. The molecule has 0 aliphatic carbocycles. The van der Waals surface area contributed by atoms with Crippen molar-refractivity contribution >= 4 is 35.1 Å². The Kier molecular flexibility index (Phi) is 7.61. The molecule has 0 N–H and O–H groups in total. The lowest BCUT2D eigenvalue weighted by Crippen LogP contribution is -2.37. The highest BCUT2D eigenvalue weighted by molar-refractivity contribution is 6.42. The fraction of sp³-hybridized carbons (Fsp3) is 0.500. The molecule has 0 heterocycles. The van der Waals surface area contributed by atoms with Gasteiger partial charge in [-0.15, -0.1) is 0 Å². The Morgan fingerprint density at radius 1 is 1.27 bits per heavy atom. The van der Waals surface area contributed by atoms with Crippen molar-refractivity contribution in [3.05, 3.63) is 39.9 Å². The maximum absolute atomic E-state index is 12.7. The van der Waals surface area contributed by atoms with Gasteiger partial charge >= 0.3 is 0 Å². The molecule has 0 aliphatic rings. The van der Waals surface area contributed by atoms with Crippen LogP contribution in [0.25, 0.3) is 6.08 Å². The first-order valence-electron chi connectivity index (χ1n) is 7.61. The molecular formula is C18H25Cl2NO. The zero-order valence-corrected chi connectivity index (χ0v) is 15.3. The third-order valence-corrected chi connectivity index (χ3v) is 4.45. The Morgan fingerprint density at radius 3 is 2.50 bits per heavy atom. The lowest BCUT2D eigenvalue weighted by molar-refractivity contribution is -0.124. The summed E-state index contributed by atoms with van der Waals surface area (Å²) in [7, 11) is 4.00. The Balaban J connectivity index is 2.89. The van der Waals surface area contributed by atoms with Crippen molar-refractivity contribution in [3.8, 4) is 0 Å². The summed E-state index contributed by atoms with van der Waals surface area (Å²) in [6, 6.07) is 5.36. The summed E-state index contributed by atoms with van der Waals surface area (Å²) in [5.41, 5.74) is 0.525. The average molecular weight is 342 g/mol. The predicted octanol–water partition coefficient (Wildman–Crippen LogP) is 5.33. The maximum atomic E-state index is 12.7. The van der Waals surface area contributed by atoms with Crippen LogP contribution in [0.5, 0.6) is 0 Å². The largest absolute Gasteiger partial charge is 0.308 e. The van der Waals surface area contributed by atoms with Gasteiger partial charge in [0.05, 0.1) is 10.0 Å². The van der Waals surface area contributed by atoms with Gasteiger partial charge < -0.3 is 4.90 Å². The number of carbonyl (C=O) groups excluding carboxylic acids is 1. The first-order chi connectivity index (χ1) is 10.3. The van der Waals surface area contributed by atoms with Crippen LogP contribution < -0.4 is 0 Å². The average Bonchev–Trinajstić information content (AvgIpc) is 2.45. The van der Waals surface area contributed by atoms with E-state index >= 15 is 0 Å². The molecule has 1 rings (SSSR count). The molecule has 4 heteroatoms. The first-order valence-corrected chi connectivity index (χ1v) is 8.36. The van der Waals surface area contributed by atoms with E-state index in [0.29, 0.717) is 10.0 Å². The Labute approximate surface area is 144 Å². The van der Waals surface area contributed by atoms with E-state index in [1.54, 1.807) is 18.2 Å². The van der Waals surface area contributed by atoms with Crippen LogP contribution in [-0.4, -0.2) is 31.3 Å². The van der Waals surface area contributed by atoms with Gasteiger partial charge in [0.15, 0.2) is 5.78 Å². The van der Waals surface area contributed by atoms with Crippen LogP contribution in [0.2, 0.25) is 10.0 Å². The number of ketones is 1. The zero-order chi connectivity index (χ0) is 16.8. The van der Waals surface area contributed by atoms with E-state index in [4.69, 9.17) is 23.2 Å². The van der Waals surface area contributed by atoms with E-state index in [9.17, 15) is 4.79 Å².